The van der Waals surface area contributed by atoms with Crippen LogP contribution >= 0.6 is 0 Å². The molecule has 0 spiro atoms. The van der Waals surface area contributed by atoms with Gasteiger partial charge < -0.3 is 14.6 Å². The Labute approximate surface area is 197 Å². The van der Waals surface area contributed by atoms with Gasteiger partial charge in [0.2, 0.25) is 5.88 Å². The third kappa shape index (κ3) is 7.16. The number of nitrogens with zero attached hydrogens (tertiary/aromatic N) is 3. The maximum atomic E-state index is 10.6. The van der Waals surface area contributed by atoms with Crippen LogP contribution in [-0.2, 0) is 18.3 Å². The van der Waals surface area contributed by atoms with Crippen LogP contribution < -0.4 is 4.74 Å². The molecule has 1 N–H and O–H groups in total. The van der Waals surface area contributed by atoms with Crippen molar-refractivity contribution in [3.8, 4) is 22.9 Å². The smallest absolute Gasteiger partial charge is 0.222 e. The largest absolute Gasteiger partial charge is 0.439 e. The number of benzene rings is 2. The Balaban J connectivity index is 1.92. The Hall–Kier alpha value is -2.67. The second-order valence-electron chi connectivity index (χ2n) is 8.81. The van der Waals surface area contributed by atoms with Gasteiger partial charge in [-0.25, -0.2) is 4.68 Å². The third-order valence-electron chi connectivity index (χ3n) is 5.38. The molecule has 0 saturated heterocycles. The second kappa shape index (κ2) is 12.0. The molecule has 6 nitrogen and oxygen atoms in total. The lowest BCUT2D eigenvalue weighted by Crippen LogP contribution is -2.35. The summed E-state index contributed by atoms with van der Waals surface area (Å²) in [5, 5.41) is 15.4. The van der Waals surface area contributed by atoms with Crippen LogP contribution in [0.15, 0.2) is 54.6 Å². The van der Waals surface area contributed by atoms with E-state index in [1.807, 2.05) is 63.4 Å². The molecule has 1 atom stereocenters. The first-order valence-electron chi connectivity index (χ1n) is 11.7. The number of hydrogen-bond donors (Lipinski definition) is 1. The van der Waals surface area contributed by atoms with E-state index in [-0.39, 0.29) is 6.10 Å². The Morgan fingerprint density at radius 1 is 1.06 bits per heavy atom. The summed E-state index contributed by atoms with van der Waals surface area (Å²) in [4.78, 5) is 2.25. The number of rotatable bonds is 12. The van der Waals surface area contributed by atoms with Gasteiger partial charge in [-0.15, -0.1) is 0 Å². The fourth-order valence-corrected chi connectivity index (χ4v) is 3.80. The highest BCUT2D eigenvalue weighted by molar-refractivity contribution is 5.65. The van der Waals surface area contributed by atoms with Gasteiger partial charge in [0.15, 0.2) is 0 Å². The molecular weight excluding hydrogens is 414 g/mol. The highest BCUT2D eigenvalue weighted by atomic mass is 16.5. The zero-order chi connectivity index (χ0) is 23.8. The molecule has 0 aliphatic rings. The molecule has 3 aromatic rings. The quantitative estimate of drug-likeness (QED) is 0.411. The first-order chi connectivity index (χ1) is 15.9. The molecule has 0 aliphatic carbocycles. The fraction of sp³-hybridized carbons (Fsp3) is 0.444. The molecule has 1 heterocycles. The lowest BCUT2D eigenvalue weighted by atomic mass is 10.1. The normalized spacial score (nSPS) is 12.5. The molecule has 0 saturated carbocycles. The average molecular weight is 452 g/mol. The minimum absolute atomic E-state index is 0.0943. The van der Waals surface area contributed by atoms with Crippen LogP contribution in [0.5, 0.6) is 11.6 Å². The summed E-state index contributed by atoms with van der Waals surface area (Å²) >= 11 is 0. The monoisotopic (exact) mass is 451 g/mol. The van der Waals surface area contributed by atoms with Gasteiger partial charge in [0.1, 0.15) is 11.4 Å². The maximum Gasteiger partial charge on any atom is 0.222 e. The van der Waals surface area contributed by atoms with Crippen LogP contribution in [0.1, 0.15) is 38.3 Å². The van der Waals surface area contributed by atoms with Gasteiger partial charge in [0, 0.05) is 25.7 Å². The molecule has 3 rings (SSSR count). The van der Waals surface area contributed by atoms with Crippen molar-refractivity contribution < 1.29 is 14.6 Å². The van der Waals surface area contributed by atoms with Crippen LogP contribution in [0.4, 0.5) is 0 Å². The first kappa shape index (κ1) is 25.0. The summed E-state index contributed by atoms with van der Waals surface area (Å²) in [6.07, 6.45) is 0.515. The number of hydrogen-bond acceptors (Lipinski definition) is 5. The third-order valence-corrected chi connectivity index (χ3v) is 5.38. The van der Waals surface area contributed by atoms with E-state index in [2.05, 4.69) is 30.9 Å². The Morgan fingerprint density at radius 2 is 1.76 bits per heavy atom. The highest BCUT2D eigenvalue weighted by Gasteiger charge is 2.23. The molecule has 33 heavy (non-hydrogen) atoms. The number of aryl methyl sites for hydroxylation is 2. The summed E-state index contributed by atoms with van der Waals surface area (Å²) in [5.74, 6) is 1.49. The lowest BCUT2D eigenvalue weighted by Gasteiger charge is -2.25. The zero-order valence-electron chi connectivity index (χ0n) is 20.5. The van der Waals surface area contributed by atoms with Gasteiger partial charge in [-0.3, -0.25) is 4.90 Å². The molecule has 0 bridgehead atoms. The molecule has 1 unspecified atom stereocenters. The molecule has 1 aromatic heterocycles. The van der Waals surface area contributed by atoms with E-state index in [1.165, 1.54) is 5.56 Å². The van der Waals surface area contributed by atoms with Crippen LogP contribution in [0.2, 0.25) is 0 Å². The van der Waals surface area contributed by atoms with Crippen LogP contribution in [0.3, 0.4) is 0 Å². The Morgan fingerprint density at radius 3 is 2.39 bits per heavy atom. The predicted octanol–water partition coefficient (Wildman–Crippen LogP) is 5.19. The topological polar surface area (TPSA) is 59.8 Å². The molecule has 0 amide bonds. The van der Waals surface area contributed by atoms with E-state index in [1.54, 1.807) is 4.68 Å². The van der Waals surface area contributed by atoms with E-state index in [9.17, 15) is 5.11 Å². The van der Waals surface area contributed by atoms with Crippen LogP contribution in [-0.4, -0.2) is 51.7 Å². The first-order valence-corrected chi connectivity index (χ1v) is 11.7. The average Bonchev–Trinajstić information content (AvgIpc) is 3.09. The van der Waals surface area contributed by atoms with E-state index in [0.717, 1.165) is 35.5 Å². The Kier molecular flexibility index (Phi) is 9.06. The molecule has 0 aliphatic heterocycles. The SMILES string of the molecule is CCCN(Cc1c(-c2ccccc2)nn(C)c1Oc1ccc(C)cc1)CC(O)COC(C)C. The molecule has 2 aromatic carbocycles. The summed E-state index contributed by atoms with van der Waals surface area (Å²) in [7, 11) is 1.91. The van der Waals surface area contributed by atoms with Crippen molar-refractivity contribution in [1.82, 2.24) is 14.7 Å². The van der Waals surface area contributed by atoms with Crippen molar-refractivity contribution in [2.45, 2.75) is 52.9 Å². The van der Waals surface area contributed by atoms with E-state index in [0.29, 0.717) is 25.6 Å². The van der Waals surface area contributed by atoms with Crippen molar-refractivity contribution in [1.29, 1.82) is 0 Å². The number of aliphatic hydroxyl groups excluding tert-OH is 1. The van der Waals surface area contributed by atoms with Crippen LogP contribution in [0.25, 0.3) is 11.3 Å². The van der Waals surface area contributed by atoms with Crippen LogP contribution in [0, 0.1) is 6.92 Å². The van der Waals surface area contributed by atoms with Crippen molar-refractivity contribution in [3.63, 3.8) is 0 Å². The van der Waals surface area contributed by atoms with Gasteiger partial charge in [0.25, 0.3) is 0 Å². The van der Waals surface area contributed by atoms with E-state index < -0.39 is 6.10 Å². The lowest BCUT2D eigenvalue weighted by molar-refractivity contribution is -0.00953. The summed E-state index contributed by atoms with van der Waals surface area (Å²) < 4.78 is 13.8. The van der Waals surface area contributed by atoms with Crippen molar-refractivity contribution in [3.05, 3.63) is 65.7 Å². The predicted molar refractivity (Wildman–Crippen MR) is 133 cm³/mol. The van der Waals surface area contributed by atoms with Gasteiger partial charge in [-0.05, 0) is 45.9 Å². The fourth-order valence-electron chi connectivity index (χ4n) is 3.80. The highest BCUT2D eigenvalue weighted by Crippen LogP contribution is 2.34. The molecule has 6 heteroatoms. The summed E-state index contributed by atoms with van der Waals surface area (Å²) in [6, 6.07) is 18.2. The molecular formula is C27H37N3O3. The molecule has 0 fully saturated rings. The second-order valence-corrected chi connectivity index (χ2v) is 8.81. The molecule has 178 valence electrons. The minimum atomic E-state index is -0.558. The summed E-state index contributed by atoms with van der Waals surface area (Å²) in [6.45, 7) is 10.5. The number of ether oxygens (including phenoxy) is 2. The number of aromatic nitrogens is 2. The van der Waals surface area contributed by atoms with Gasteiger partial charge >= 0.3 is 0 Å². The molecule has 0 radical (unpaired) electrons. The number of aliphatic hydroxyl groups is 1. The zero-order valence-corrected chi connectivity index (χ0v) is 20.5. The van der Waals surface area contributed by atoms with Crippen molar-refractivity contribution in [2.75, 3.05) is 19.7 Å². The van der Waals surface area contributed by atoms with Crippen molar-refractivity contribution >= 4 is 0 Å². The Bertz CT molecular complexity index is 984. The van der Waals surface area contributed by atoms with Gasteiger partial charge in [0.05, 0.1) is 24.4 Å². The summed E-state index contributed by atoms with van der Waals surface area (Å²) in [5.41, 5.74) is 4.13. The standard InChI is InChI=1S/C27H37N3O3/c1-6-16-30(17-23(31)19-32-20(2)3)18-25-26(22-10-8-7-9-11-22)28-29(5)27(25)33-24-14-12-21(4)13-15-24/h7-15,20,23,31H,6,16-19H2,1-5H3. The van der Waals surface area contributed by atoms with Gasteiger partial charge in [-0.1, -0.05) is 55.0 Å². The van der Waals surface area contributed by atoms with E-state index in [4.69, 9.17) is 14.6 Å². The van der Waals surface area contributed by atoms with Gasteiger partial charge in [-0.2, -0.15) is 5.10 Å². The van der Waals surface area contributed by atoms with E-state index >= 15 is 0 Å². The van der Waals surface area contributed by atoms with Crippen molar-refractivity contribution in [2.24, 2.45) is 7.05 Å². The minimum Gasteiger partial charge on any atom is -0.439 e. The maximum absolute atomic E-state index is 10.6.